The standard InChI is InChI=1S/C19H19ClN6O3S/c20-15-4-1-5-16(11-15)22-19(27)14-3-2-10-25(12-14)30(28,29)18-8-6-17(7-9-18)26-13-21-23-24-26/h1,4-9,11,13-14H,2-3,10,12H2,(H,22,27)/t14-/m1/s1. The zero-order valence-electron chi connectivity index (χ0n) is 15.8. The lowest BCUT2D eigenvalue weighted by Crippen LogP contribution is -2.43. The molecule has 1 aliphatic rings. The van der Waals surface area contributed by atoms with Gasteiger partial charge in [0.05, 0.1) is 16.5 Å². The average molecular weight is 447 g/mol. The summed E-state index contributed by atoms with van der Waals surface area (Å²) in [7, 11) is -3.72. The fourth-order valence-electron chi connectivity index (χ4n) is 3.38. The molecule has 156 valence electrons. The smallest absolute Gasteiger partial charge is 0.243 e. The molecule has 1 aromatic heterocycles. The van der Waals surface area contributed by atoms with Gasteiger partial charge in [-0.3, -0.25) is 4.79 Å². The van der Waals surface area contributed by atoms with Gasteiger partial charge >= 0.3 is 0 Å². The molecule has 1 fully saturated rings. The first-order valence-corrected chi connectivity index (χ1v) is 11.2. The minimum Gasteiger partial charge on any atom is -0.326 e. The van der Waals surface area contributed by atoms with Crippen molar-refractivity contribution in [2.45, 2.75) is 17.7 Å². The molecule has 3 aromatic rings. The van der Waals surface area contributed by atoms with E-state index in [2.05, 4.69) is 20.8 Å². The third-order valence-corrected chi connectivity index (χ3v) is 7.05. The van der Waals surface area contributed by atoms with E-state index in [1.54, 1.807) is 36.4 Å². The number of aromatic nitrogens is 4. The van der Waals surface area contributed by atoms with Gasteiger partial charge in [-0.25, -0.2) is 13.1 Å². The lowest BCUT2D eigenvalue weighted by atomic mass is 9.99. The van der Waals surface area contributed by atoms with Crippen LogP contribution in [0, 0.1) is 5.92 Å². The van der Waals surface area contributed by atoms with Crippen molar-refractivity contribution < 1.29 is 13.2 Å². The van der Waals surface area contributed by atoms with E-state index in [1.807, 2.05) is 0 Å². The Balaban J connectivity index is 1.47. The Labute approximate surface area is 178 Å². The highest BCUT2D eigenvalue weighted by atomic mass is 35.5. The summed E-state index contributed by atoms with van der Waals surface area (Å²) < 4.78 is 29.0. The van der Waals surface area contributed by atoms with Gasteiger partial charge in [0, 0.05) is 23.8 Å². The molecule has 1 saturated heterocycles. The lowest BCUT2D eigenvalue weighted by Gasteiger charge is -2.31. The summed E-state index contributed by atoms with van der Waals surface area (Å²) >= 11 is 5.96. The Kier molecular flexibility index (Phi) is 5.80. The van der Waals surface area contributed by atoms with E-state index in [4.69, 9.17) is 11.6 Å². The Morgan fingerprint density at radius 1 is 1.17 bits per heavy atom. The molecule has 2 aromatic carbocycles. The molecule has 2 heterocycles. The second-order valence-corrected chi connectivity index (χ2v) is 9.32. The fraction of sp³-hybridized carbons (Fsp3) is 0.263. The second kappa shape index (κ2) is 8.50. The number of carbonyl (C=O) groups is 1. The molecular formula is C19H19ClN6O3S. The number of benzene rings is 2. The van der Waals surface area contributed by atoms with E-state index >= 15 is 0 Å². The number of hydrogen-bond donors (Lipinski definition) is 1. The van der Waals surface area contributed by atoms with Crippen molar-refractivity contribution in [1.82, 2.24) is 24.5 Å². The van der Waals surface area contributed by atoms with Crippen molar-refractivity contribution in [2.24, 2.45) is 5.92 Å². The molecule has 0 aliphatic carbocycles. The first kappa shape index (κ1) is 20.5. The number of rotatable bonds is 5. The zero-order valence-corrected chi connectivity index (χ0v) is 17.4. The Bertz CT molecular complexity index is 1140. The number of anilines is 1. The van der Waals surface area contributed by atoms with Crippen molar-refractivity contribution >= 4 is 33.2 Å². The van der Waals surface area contributed by atoms with E-state index in [1.165, 1.54) is 27.4 Å². The van der Waals surface area contributed by atoms with Crippen LogP contribution in [0.15, 0.2) is 59.8 Å². The van der Waals surface area contributed by atoms with Crippen LogP contribution in [-0.2, 0) is 14.8 Å². The van der Waals surface area contributed by atoms with E-state index in [9.17, 15) is 13.2 Å². The number of tetrazole rings is 1. The maximum Gasteiger partial charge on any atom is 0.243 e. The molecular weight excluding hydrogens is 428 g/mol. The Hall–Kier alpha value is -2.82. The highest BCUT2D eigenvalue weighted by Gasteiger charge is 2.33. The summed E-state index contributed by atoms with van der Waals surface area (Å²) in [5, 5.41) is 14.2. The third-order valence-electron chi connectivity index (χ3n) is 4.94. The van der Waals surface area contributed by atoms with Crippen LogP contribution in [-0.4, -0.2) is 51.9 Å². The predicted octanol–water partition coefficient (Wildman–Crippen LogP) is 2.36. The van der Waals surface area contributed by atoms with Crippen LogP contribution in [0.25, 0.3) is 5.69 Å². The molecule has 11 heteroatoms. The van der Waals surface area contributed by atoms with Crippen LogP contribution < -0.4 is 5.32 Å². The largest absolute Gasteiger partial charge is 0.326 e. The number of nitrogens with zero attached hydrogens (tertiary/aromatic N) is 5. The molecule has 0 bridgehead atoms. The van der Waals surface area contributed by atoms with Crippen LogP contribution in [0.3, 0.4) is 0 Å². The molecule has 1 amide bonds. The fourth-order valence-corrected chi connectivity index (χ4v) is 5.10. The van der Waals surface area contributed by atoms with Crippen LogP contribution in [0.1, 0.15) is 12.8 Å². The van der Waals surface area contributed by atoms with Gasteiger partial charge in [-0.05, 0) is 65.7 Å². The topological polar surface area (TPSA) is 110 Å². The van der Waals surface area contributed by atoms with Gasteiger partial charge in [0.2, 0.25) is 15.9 Å². The molecule has 9 nitrogen and oxygen atoms in total. The number of amides is 1. The molecule has 1 aliphatic heterocycles. The molecule has 1 atom stereocenters. The first-order valence-electron chi connectivity index (χ1n) is 9.33. The van der Waals surface area contributed by atoms with E-state index < -0.39 is 15.9 Å². The van der Waals surface area contributed by atoms with E-state index in [0.717, 1.165) is 0 Å². The normalized spacial score (nSPS) is 17.6. The third kappa shape index (κ3) is 4.35. The van der Waals surface area contributed by atoms with Gasteiger partial charge < -0.3 is 5.32 Å². The Morgan fingerprint density at radius 2 is 1.97 bits per heavy atom. The molecule has 0 unspecified atom stereocenters. The number of hydrogen-bond acceptors (Lipinski definition) is 6. The summed E-state index contributed by atoms with van der Waals surface area (Å²) in [6.45, 7) is 0.501. The second-order valence-electron chi connectivity index (χ2n) is 6.95. The zero-order chi connectivity index (χ0) is 21.1. The lowest BCUT2D eigenvalue weighted by molar-refractivity contribution is -0.120. The molecule has 1 N–H and O–H groups in total. The first-order chi connectivity index (χ1) is 14.4. The maximum atomic E-state index is 13.1. The molecule has 0 spiro atoms. The Morgan fingerprint density at radius 3 is 2.67 bits per heavy atom. The quantitative estimate of drug-likeness (QED) is 0.644. The van der Waals surface area contributed by atoms with Crippen LogP contribution in [0.5, 0.6) is 0 Å². The molecule has 4 rings (SSSR count). The van der Waals surface area contributed by atoms with Gasteiger partial charge in [-0.2, -0.15) is 4.31 Å². The van der Waals surface area contributed by atoms with E-state index in [-0.39, 0.29) is 17.3 Å². The minimum atomic E-state index is -3.72. The van der Waals surface area contributed by atoms with Crippen molar-refractivity contribution in [1.29, 1.82) is 0 Å². The molecule has 0 saturated carbocycles. The van der Waals surface area contributed by atoms with Gasteiger partial charge in [0.25, 0.3) is 0 Å². The van der Waals surface area contributed by atoms with Gasteiger partial charge in [0.15, 0.2) is 0 Å². The number of carbonyl (C=O) groups excluding carboxylic acids is 1. The number of nitrogens with one attached hydrogen (secondary N) is 1. The summed E-state index contributed by atoms with van der Waals surface area (Å²) in [4.78, 5) is 12.8. The number of sulfonamides is 1. The summed E-state index contributed by atoms with van der Waals surface area (Å²) in [5.74, 6) is -0.654. The summed E-state index contributed by atoms with van der Waals surface area (Å²) in [6.07, 6.45) is 2.66. The highest BCUT2D eigenvalue weighted by Crippen LogP contribution is 2.26. The van der Waals surface area contributed by atoms with Crippen LogP contribution in [0.2, 0.25) is 5.02 Å². The van der Waals surface area contributed by atoms with Crippen LogP contribution in [0.4, 0.5) is 5.69 Å². The van der Waals surface area contributed by atoms with E-state index in [0.29, 0.717) is 35.8 Å². The summed E-state index contributed by atoms with van der Waals surface area (Å²) in [5.41, 5.74) is 1.24. The monoisotopic (exact) mass is 446 g/mol. The van der Waals surface area contributed by atoms with Crippen molar-refractivity contribution in [2.75, 3.05) is 18.4 Å². The van der Waals surface area contributed by atoms with Gasteiger partial charge in [-0.15, -0.1) is 5.10 Å². The van der Waals surface area contributed by atoms with Crippen molar-refractivity contribution in [3.8, 4) is 5.69 Å². The average Bonchev–Trinajstić information content (AvgIpc) is 3.29. The summed E-state index contributed by atoms with van der Waals surface area (Å²) in [6, 6.07) is 13.2. The van der Waals surface area contributed by atoms with Crippen molar-refractivity contribution in [3.05, 3.63) is 59.9 Å². The number of piperidine rings is 1. The SMILES string of the molecule is O=C(Nc1cccc(Cl)c1)[C@@H]1CCCN(S(=O)(=O)c2ccc(-n3cnnn3)cc2)C1. The van der Waals surface area contributed by atoms with Crippen LogP contribution >= 0.6 is 11.6 Å². The predicted molar refractivity (Wildman–Crippen MR) is 111 cm³/mol. The van der Waals surface area contributed by atoms with Gasteiger partial charge in [-0.1, -0.05) is 17.7 Å². The molecule has 0 radical (unpaired) electrons. The maximum absolute atomic E-state index is 13.1. The van der Waals surface area contributed by atoms with Gasteiger partial charge in [0.1, 0.15) is 6.33 Å². The molecule has 30 heavy (non-hydrogen) atoms. The highest BCUT2D eigenvalue weighted by molar-refractivity contribution is 7.89. The number of halogens is 1. The van der Waals surface area contributed by atoms with Crippen molar-refractivity contribution in [3.63, 3.8) is 0 Å². The minimum absolute atomic E-state index is 0.128.